The van der Waals surface area contributed by atoms with Crippen molar-refractivity contribution in [2.45, 2.75) is 13.8 Å². The monoisotopic (exact) mass is 205 g/mol. The maximum atomic E-state index is 11.9. The van der Waals surface area contributed by atoms with Crippen LogP contribution in [0.3, 0.4) is 0 Å². The number of nitrogens with zero attached hydrogens (tertiary/aromatic N) is 1. The van der Waals surface area contributed by atoms with Crippen molar-refractivity contribution in [1.29, 1.82) is 0 Å². The first-order valence-electron chi connectivity index (χ1n) is 5.10. The molecule has 1 aromatic carbocycles. The molecule has 80 valence electrons. The van der Waals surface area contributed by atoms with Gasteiger partial charge in [0.05, 0.1) is 18.2 Å². The van der Waals surface area contributed by atoms with E-state index in [9.17, 15) is 4.79 Å². The number of hydrogen-bond acceptors (Lipinski definition) is 2. The molecule has 0 N–H and O–H groups in total. The molecule has 0 bridgehead atoms. The Balaban J connectivity index is 2.48. The minimum absolute atomic E-state index is 0.0808. The van der Waals surface area contributed by atoms with E-state index in [0.717, 1.165) is 17.0 Å². The zero-order valence-corrected chi connectivity index (χ0v) is 9.28. The third kappa shape index (κ3) is 1.69. The lowest BCUT2D eigenvalue weighted by Crippen LogP contribution is -2.31. The summed E-state index contributed by atoms with van der Waals surface area (Å²) in [7, 11) is 1.80. The van der Waals surface area contributed by atoms with Gasteiger partial charge in [-0.1, -0.05) is 13.0 Å². The molecule has 0 saturated carbocycles. The highest BCUT2D eigenvalue weighted by Crippen LogP contribution is 2.32. The van der Waals surface area contributed by atoms with E-state index >= 15 is 0 Å². The maximum Gasteiger partial charge on any atom is 0.233 e. The Bertz CT molecular complexity index is 401. The summed E-state index contributed by atoms with van der Waals surface area (Å²) < 4.78 is 5.59. The van der Waals surface area contributed by atoms with Crippen molar-refractivity contribution in [2.24, 2.45) is 5.92 Å². The van der Waals surface area contributed by atoms with Gasteiger partial charge in [0.2, 0.25) is 5.91 Å². The SMILES string of the molecule is Cc1ccc2c(c1)N(C)C(=O)C(C)CO2. The molecule has 0 aromatic heterocycles. The molecule has 3 heteroatoms. The highest BCUT2D eigenvalue weighted by molar-refractivity contribution is 5.96. The molecule has 1 unspecified atom stereocenters. The van der Waals surface area contributed by atoms with Crippen LogP contribution in [0, 0.1) is 12.8 Å². The van der Waals surface area contributed by atoms with Gasteiger partial charge in [0.25, 0.3) is 0 Å². The maximum absolute atomic E-state index is 11.9. The van der Waals surface area contributed by atoms with Gasteiger partial charge in [-0.15, -0.1) is 0 Å². The summed E-state index contributed by atoms with van der Waals surface area (Å²) in [6.07, 6.45) is 0. The average molecular weight is 205 g/mol. The number of rotatable bonds is 0. The lowest BCUT2D eigenvalue weighted by atomic mass is 10.1. The second kappa shape index (κ2) is 3.57. The molecule has 3 nitrogen and oxygen atoms in total. The van der Waals surface area contributed by atoms with Crippen LogP contribution in [0.4, 0.5) is 5.69 Å². The van der Waals surface area contributed by atoms with E-state index in [1.54, 1.807) is 11.9 Å². The van der Waals surface area contributed by atoms with Crippen LogP contribution in [0.2, 0.25) is 0 Å². The van der Waals surface area contributed by atoms with Crippen molar-refractivity contribution < 1.29 is 9.53 Å². The van der Waals surface area contributed by atoms with Gasteiger partial charge in [-0.05, 0) is 24.6 Å². The van der Waals surface area contributed by atoms with Gasteiger partial charge >= 0.3 is 0 Å². The number of anilines is 1. The standard InChI is InChI=1S/C12H15NO2/c1-8-4-5-11-10(6-8)13(3)12(14)9(2)7-15-11/h4-6,9H,7H2,1-3H3. The van der Waals surface area contributed by atoms with Crippen molar-refractivity contribution in [1.82, 2.24) is 0 Å². The summed E-state index contributed by atoms with van der Waals surface area (Å²) in [5, 5.41) is 0. The minimum atomic E-state index is -0.0808. The van der Waals surface area contributed by atoms with Gasteiger partial charge in [-0.2, -0.15) is 0 Å². The summed E-state index contributed by atoms with van der Waals surface area (Å²) in [4.78, 5) is 13.5. The molecule has 15 heavy (non-hydrogen) atoms. The Morgan fingerprint density at radius 2 is 2.20 bits per heavy atom. The van der Waals surface area contributed by atoms with Crippen LogP contribution >= 0.6 is 0 Å². The van der Waals surface area contributed by atoms with Crippen LogP contribution in [0.1, 0.15) is 12.5 Å². The number of carbonyl (C=O) groups excluding carboxylic acids is 1. The highest BCUT2D eigenvalue weighted by Gasteiger charge is 2.25. The van der Waals surface area contributed by atoms with Crippen LogP contribution in [0.5, 0.6) is 5.75 Å². The number of amides is 1. The van der Waals surface area contributed by atoms with E-state index in [1.807, 2.05) is 32.0 Å². The molecule has 0 aliphatic carbocycles. The van der Waals surface area contributed by atoms with Crippen LogP contribution in [0.15, 0.2) is 18.2 Å². The van der Waals surface area contributed by atoms with Crippen LogP contribution in [0.25, 0.3) is 0 Å². The van der Waals surface area contributed by atoms with Gasteiger partial charge in [0.15, 0.2) is 0 Å². The normalized spacial score (nSPS) is 20.6. The number of ether oxygens (including phenoxy) is 1. The smallest absolute Gasteiger partial charge is 0.233 e. The van der Waals surface area contributed by atoms with E-state index in [4.69, 9.17) is 4.74 Å². The molecule has 2 rings (SSSR count). The van der Waals surface area contributed by atoms with Gasteiger partial charge in [0, 0.05) is 7.05 Å². The summed E-state index contributed by atoms with van der Waals surface area (Å²) in [5.74, 6) is 0.822. The van der Waals surface area contributed by atoms with E-state index in [0.29, 0.717) is 6.61 Å². The number of carbonyl (C=O) groups is 1. The van der Waals surface area contributed by atoms with Crippen molar-refractivity contribution in [3.8, 4) is 5.75 Å². The van der Waals surface area contributed by atoms with Gasteiger partial charge in [0.1, 0.15) is 5.75 Å². The van der Waals surface area contributed by atoms with Crippen LogP contribution < -0.4 is 9.64 Å². The molecule has 1 atom stereocenters. The Labute approximate surface area is 89.7 Å². The van der Waals surface area contributed by atoms with Crippen molar-refractivity contribution in [3.63, 3.8) is 0 Å². The largest absolute Gasteiger partial charge is 0.491 e. The second-order valence-corrected chi connectivity index (χ2v) is 4.08. The van der Waals surface area contributed by atoms with Crippen LogP contribution in [-0.4, -0.2) is 19.6 Å². The number of aryl methyl sites for hydroxylation is 1. The van der Waals surface area contributed by atoms with Crippen molar-refractivity contribution in [2.75, 3.05) is 18.6 Å². The molecule has 1 aromatic rings. The first-order valence-corrected chi connectivity index (χ1v) is 5.10. The topological polar surface area (TPSA) is 29.5 Å². The molecule has 1 amide bonds. The third-order valence-electron chi connectivity index (χ3n) is 2.72. The molecule has 0 saturated heterocycles. The molecular weight excluding hydrogens is 190 g/mol. The molecule has 1 aliphatic rings. The second-order valence-electron chi connectivity index (χ2n) is 4.08. The van der Waals surface area contributed by atoms with Gasteiger partial charge in [-0.3, -0.25) is 4.79 Å². The fourth-order valence-corrected chi connectivity index (χ4v) is 1.75. The Morgan fingerprint density at radius 1 is 1.47 bits per heavy atom. The van der Waals surface area contributed by atoms with Crippen molar-refractivity contribution in [3.05, 3.63) is 23.8 Å². The number of hydrogen-bond donors (Lipinski definition) is 0. The van der Waals surface area contributed by atoms with E-state index < -0.39 is 0 Å². The fourth-order valence-electron chi connectivity index (χ4n) is 1.75. The number of fused-ring (bicyclic) bond motifs is 1. The summed E-state index contributed by atoms with van der Waals surface area (Å²) in [6.45, 7) is 4.35. The number of benzene rings is 1. The molecule has 0 fully saturated rings. The Morgan fingerprint density at radius 3 is 2.93 bits per heavy atom. The predicted molar refractivity (Wildman–Crippen MR) is 59.2 cm³/mol. The Hall–Kier alpha value is -1.51. The van der Waals surface area contributed by atoms with E-state index in [2.05, 4.69) is 0 Å². The lowest BCUT2D eigenvalue weighted by Gasteiger charge is -2.17. The fraction of sp³-hybridized carbons (Fsp3) is 0.417. The van der Waals surface area contributed by atoms with E-state index in [1.165, 1.54) is 0 Å². The first-order chi connectivity index (χ1) is 7.09. The third-order valence-corrected chi connectivity index (χ3v) is 2.72. The predicted octanol–water partition coefficient (Wildman–Crippen LogP) is 1.99. The summed E-state index contributed by atoms with van der Waals surface area (Å²) in [6, 6.07) is 5.89. The van der Waals surface area contributed by atoms with Gasteiger partial charge in [-0.25, -0.2) is 0 Å². The lowest BCUT2D eigenvalue weighted by molar-refractivity contribution is -0.122. The molecular formula is C12H15NO2. The average Bonchev–Trinajstić information content (AvgIpc) is 2.32. The van der Waals surface area contributed by atoms with Crippen molar-refractivity contribution >= 4 is 11.6 Å². The summed E-state index contributed by atoms with van der Waals surface area (Å²) in [5.41, 5.74) is 2.00. The highest BCUT2D eigenvalue weighted by atomic mass is 16.5. The Kier molecular flexibility index (Phi) is 2.39. The molecule has 1 heterocycles. The molecule has 0 radical (unpaired) electrons. The minimum Gasteiger partial charge on any atom is -0.491 e. The molecule has 0 spiro atoms. The zero-order valence-electron chi connectivity index (χ0n) is 9.28. The quantitative estimate of drug-likeness (QED) is 0.648. The first kappa shape index (κ1) is 10.0. The van der Waals surface area contributed by atoms with E-state index in [-0.39, 0.29) is 11.8 Å². The van der Waals surface area contributed by atoms with Crippen LogP contribution in [-0.2, 0) is 4.79 Å². The summed E-state index contributed by atoms with van der Waals surface area (Å²) >= 11 is 0. The van der Waals surface area contributed by atoms with Gasteiger partial charge < -0.3 is 9.64 Å². The molecule has 1 aliphatic heterocycles. The zero-order chi connectivity index (χ0) is 11.0.